The van der Waals surface area contributed by atoms with Gasteiger partial charge in [0.2, 0.25) is 0 Å². The molecule has 0 saturated heterocycles. The minimum Gasteiger partial charge on any atom is -0.366 e. The second-order valence-electron chi connectivity index (χ2n) is 7.74. The second-order valence-corrected chi connectivity index (χ2v) is 7.74. The van der Waals surface area contributed by atoms with E-state index in [1.54, 1.807) is 18.2 Å². The molecule has 3 rings (SSSR count). The monoisotopic (exact) mass is 356 g/mol. The van der Waals surface area contributed by atoms with Crippen LogP contribution in [0.25, 0.3) is 0 Å². The molecule has 0 spiro atoms. The molecule has 0 aromatic heterocycles. The van der Waals surface area contributed by atoms with Gasteiger partial charge in [-0.25, -0.2) is 8.78 Å². The third-order valence-electron chi connectivity index (χ3n) is 5.13. The van der Waals surface area contributed by atoms with Gasteiger partial charge in [0.25, 0.3) is 0 Å². The van der Waals surface area contributed by atoms with Crippen LogP contribution in [-0.4, -0.2) is 18.3 Å². The van der Waals surface area contributed by atoms with Crippen molar-refractivity contribution in [2.24, 2.45) is 4.99 Å². The van der Waals surface area contributed by atoms with Crippen LogP contribution in [0.2, 0.25) is 0 Å². The van der Waals surface area contributed by atoms with Crippen molar-refractivity contribution >= 4 is 17.6 Å². The summed E-state index contributed by atoms with van der Waals surface area (Å²) in [5.41, 5.74) is 3.24. The third kappa shape index (κ3) is 3.64. The van der Waals surface area contributed by atoms with E-state index in [-0.39, 0.29) is 17.2 Å². The maximum Gasteiger partial charge on any atom is 0.134 e. The molecule has 1 aliphatic rings. The van der Waals surface area contributed by atoms with Gasteiger partial charge in [0.15, 0.2) is 0 Å². The van der Waals surface area contributed by atoms with Gasteiger partial charge in [-0.3, -0.25) is 4.99 Å². The van der Waals surface area contributed by atoms with Gasteiger partial charge in [-0.1, -0.05) is 13.8 Å². The molecule has 1 unspecified atom stereocenters. The van der Waals surface area contributed by atoms with Crippen molar-refractivity contribution in [3.63, 3.8) is 0 Å². The van der Waals surface area contributed by atoms with Gasteiger partial charge in [0, 0.05) is 29.5 Å². The summed E-state index contributed by atoms with van der Waals surface area (Å²) in [7, 11) is 0. The van der Waals surface area contributed by atoms with Crippen molar-refractivity contribution in [1.82, 2.24) is 0 Å². The summed E-state index contributed by atoms with van der Waals surface area (Å²) in [6, 6.07) is 9.42. The normalized spacial score (nSPS) is 19.0. The van der Waals surface area contributed by atoms with Crippen molar-refractivity contribution in [3.05, 3.63) is 59.2 Å². The molecule has 0 fully saturated rings. The Labute approximate surface area is 154 Å². The maximum absolute atomic E-state index is 14.8. The molecule has 2 aromatic rings. The Bertz CT molecular complexity index is 810. The van der Waals surface area contributed by atoms with E-state index in [4.69, 9.17) is 0 Å². The van der Waals surface area contributed by atoms with Crippen LogP contribution in [0.1, 0.15) is 57.6 Å². The molecule has 1 heterocycles. The second kappa shape index (κ2) is 7.18. The van der Waals surface area contributed by atoms with Gasteiger partial charge in [-0.15, -0.1) is 0 Å². The smallest absolute Gasteiger partial charge is 0.134 e. The zero-order valence-corrected chi connectivity index (χ0v) is 15.9. The summed E-state index contributed by atoms with van der Waals surface area (Å²) in [6.45, 7) is 9.71. The minimum atomic E-state index is -0.309. The number of hydrogen-bond acceptors (Lipinski definition) is 2. The van der Waals surface area contributed by atoms with Crippen molar-refractivity contribution in [2.45, 2.75) is 52.0 Å². The van der Waals surface area contributed by atoms with Gasteiger partial charge in [-0.05, 0) is 74.6 Å². The van der Waals surface area contributed by atoms with Crippen molar-refractivity contribution in [3.8, 4) is 0 Å². The van der Waals surface area contributed by atoms with Crippen LogP contribution in [0, 0.1) is 11.6 Å². The van der Waals surface area contributed by atoms with Gasteiger partial charge in [0.1, 0.15) is 11.6 Å². The molecule has 2 nitrogen and oxygen atoms in total. The van der Waals surface area contributed by atoms with Crippen LogP contribution < -0.4 is 4.90 Å². The summed E-state index contributed by atoms with van der Waals surface area (Å²) < 4.78 is 27.8. The average Bonchev–Trinajstić information content (AvgIpc) is 2.58. The standard InChI is InChI=1S/C22H26F2N2/c1-5-10-26-21-12-20(24)16(11-19(21)15(2)13-22(26,3)4)14-25-18-8-6-17(23)7-9-18/h6-9,11-12,14-15H,5,10,13H2,1-4H3. The first kappa shape index (κ1) is 18.6. The first-order valence-corrected chi connectivity index (χ1v) is 9.22. The number of nitrogens with zero attached hydrogens (tertiary/aromatic N) is 2. The molecular weight excluding hydrogens is 330 g/mol. The zero-order chi connectivity index (χ0) is 18.9. The lowest BCUT2D eigenvalue weighted by Gasteiger charge is -2.47. The zero-order valence-electron chi connectivity index (χ0n) is 15.9. The lowest BCUT2D eigenvalue weighted by Crippen LogP contribution is -2.48. The average molecular weight is 356 g/mol. The van der Waals surface area contributed by atoms with E-state index in [1.807, 2.05) is 6.07 Å². The largest absolute Gasteiger partial charge is 0.366 e. The van der Waals surface area contributed by atoms with E-state index < -0.39 is 0 Å². The molecule has 0 N–H and O–H groups in total. The highest BCUT2D eigenvalue weighted by atomic mass is 19.1. The van der Waals surface area contributed by atoms with E-state index in [1.165, 1.54) is 23.9 Å². The Balaban J connectivity index is 1.98. The predicted octanol–water partition coefficient (Wildman–Crippen LogP) is 6.22. The Morgan fingerprint density at radius 2 is 1.88 bits per heavy atom. The lowest BCUT2D eigenvalue weighted by molar-refractivity contribution is 0.375. The fourth-order valence-electron chi connectivity index (χ4n) is 3.94. The number of rotatable bonds is 4. The molecule has 0 bridgehead atoms. The van der Waals surface area contributed by atoms with E-state index in [0.717, 1.165) is 25.1 Å². The Morgan fingerprint density at radius 1 is 1.19 bits per heavy atom. The molecule has 138 valence electrons. The number of benzene rings is 2. The highest BCUT2D eigenvalue weighted by Gasteiger charge is 2.36. The number of hydrogen-bond donors (Lipinski definition) is 0. The Kier molecular flexibility index (Phi) is 5.12. The molecule has 2 aromatic carbocycles. The SMILES string of the molecule is CCCN1c2cc(F)c(C=Nc3ccc(F)cc3)cc2C(C)CC1(C)C. The quantitative estimate of drug-likeness (QED) is 0.594. The van der Waals surface area contributed by atoms with E-state index in [0.29, 0.717) is 17.2 Å². The third-order valence-corrected chi connectivity index (χ3v) is 5.13. The van der Waals surface area contributed by atoms with Crippen LogP contribution in [-0.2, 0) is 0 Å². The molecule has 0 aliphatic carbocycles. The molecule has 0 amide bonds. The fraction of sp³-hybridized carbons (Fsp3) is 0.409. The molecule has 4 heteroatoms. The van der Waals surface area contributed by atoms with Crippen molar-refractivity contribution in [1.29, 1.82) is 0 Å². The van der Waals surface area contributed by atoms with Gasteiger partial charge in [-0.2, -0.15) is 0 Å². The number of fused-ring (bicyclic) bond motifs is 1. The van der Waals surface area contributed by atoms with Crippen LogP contribution in [0.3, 0.4) is 0 Å². The summed E-state index contributed by atoms with van der Waals surface area (Å²) in [4.78, 5) is 6.62. The molecule has 1 atom stereocenters. The van der Waals surface area contributed by atoms with Crippen molar-refractivity contribution < 1.29 is 8.78 Å². The summed E-state index contributed by atoms with van der Waals surface area (Å²) in [5, 5.41) is 0. The highest BCUT2D eigenvalue weighted by molar-refractivity contribution is 5.84. The maximum atomic E-state index is 14.8. The lowest BCUT2D eigenvalue weighted by atomic mass is 9.79. The van der Waals surface area contributed by atoms with Crippen LogP contribution in [0.4, 0.5) is 20.2 Å². The molecule has 0 radical (unpaired) electrons. The van der Waals surface area contributed by atoms with E-state index >= 15 is 0 Å². The number of halogens is 2. The summed E-state index contributed by atoms with van der Waals surface area (Å²) >= 11 is 0. The highest BCUT2D eigenvalue weighted by Crippen LogP contribution is 2.44. The first-order chi connectivity index (χ1) is 12.3. The van der Waals surface area contributed by atoms with Gasteiger partial charge >= 0.3 is 0 Å². The molecule has 0 saturated carbocycles. The predicted molar refractivity (Wildman–Crippen MR) is 105 cm³/mol. The topological polar surface area (TPSA) is 15.6 Å². The van der Waals surface area contributed by atoms with E-state index in [2.05, 4.69) is 37.6 Å². The number of aliphatic imine (C=N–C) groups is 1. The van der Waals surface area contributed by atoms with Crippen LogP contribution in [0.5, 0.6) is 0 Å². The van der Waals surface area contributed by atoms with Gasteiger partial charge in [0.05, 0.1) is 5.69 Å². The Hall–Kier alpha value is -2.23. The van der Waals surface area contributed by atoms with Crippen molar-refractivity contribution in [2.75, 3.05) is 11.4 Å². The summed E-state index contributed by atoms with van der Waals surface area (Å²) in [6.07, 6.45) is 3.58. The molecule has 26 heavy (non-hydrogen) atoms. The van der Waals surface area contributed by atoms with E-state index in [9.17, 15) is 8.78 Å². The fourth-order valence-corrected chi connectivity index (χ4v) is 3.94. The van der Waals surface area contributed by atoms with Crippen LogP contribution >= 0.6 is 0 Å². The Morgan fingerprint density at radius 3 is 2.54 bits per heavy atom. The van der Waals surface area contributed by atoms with Gasteiger partial charge < -0.3 is 4.90 Å². The number of anilines is 1. The molecule has 1 aliphatic heterocycles. The summed E-state index contributed by atoms with van der Waals surface area (Å²) in [5.74, 6) is -0.233. The molecular formula is C22H26F2N2. The first-order valence-electron chi connectivity index (χ1n) is 9.22. The van der Waals surface area contributed by atoms with Crippen LogP contribution in [0.15, 0.2) is 41.4 Å². The minimum absolute atomic E-state index is 0.0125.